The van der Waals surface area contributed by atoms with Crippen molar-refractivity contribution in [3.63, 3.8) is 0 Å². The lowest BCUT2D eigenvalue weighted by Crippen LogP contribution is -2.46. The maximum atomic E-state index is 12.5. The largest absolute Gasteiger partial charge is 0.444 e. The van der Waals surface area contributed by atoms with Crippen LogP contribution in [0.5, 0.6) is 0 Å². The molecule has 1 saturated heterocycles. The van der Waals surface area contributed by atoms with Crippen LogP contribution in [0.2, 0.25) is 5.02 Å². The van der Waals surface area contributed by atoms with E-state index < -0.39 is 6.09 Å². The molecule has 1 atom stereocenters. The number of piperidine rings is 1. The number of carbonyl (C=O) groups is 2. The smallest absolute Gasteiger partial charge is 0.411 e. The summed E-state index contributed by atoms with van der Waals surface area (Å²) in [6.07, 6.45) is 1.41. The highest BCUT2D eigenvalue weighted by molar-refractivity contribution is 6.30. The molecule has 3 rings (SSSR count). The zero-order valence-corrected chi connectivity index (χ0v) is 18.5. The molecule has 1 heterocycles. The van der Waals surface area contributed by atoms with Gasteiger partial charge in [-0.05, 0) is 55.2 Å². The fourth-order valence-corrected chi connectivity index (χ4v) is 3.52. The quantitative estimate of drug-likeness (QED) is 0.657. The molecule has 1 aliphatic rings. The monoisotopic (exact) mass is 445 g/mol. The summed E-state index contributed by atoms with van der Waals surface area (Å²) in [5, 5.41) is 6.36. The highest BCUT2D eigenvalue weighted by Gasteiger charge is 2.23. The van der Waals surface area contributed by atoms with Crippen LogP contribution >= 0.6 is 11.6 Å². The van der Waals surface area contributed by atoms with Gasteiger partial charge in [0, 0.05) is 30.9 Å². The molecular weight excluding hydrogens is 418 g/mol. The molecule has 0 aromatic heterocycles. The first-order chi connectivity index (χ1) is 14.9. The molecule has 0 bridgehead atoms. The van der Waals surface area contributed by atoms with E-state index in [9.17, 15) is 9.59 Å². The maximum Gasteiger partial charge on any atom is 0.411 e. The number of methoxy groups -OCH3 is 1. The average molecular weight is 446 g/mol. The van der Waals surface area contributed by atoms with Gasteiger partial charge < -0.3 is 19.7 Å². The van der Waals surface area contributed by atoms with Crippen LogP contribution in [-0.2, 0) is 16.1 Å². The van der Waals surface area contributed by atoms with E-state index in [4.69, 9.17) is 21.1 Å². The van der Waals surface area contributed by atoms with E-state index >= 15 is 0 Å². The van der Waals surface area contributed by atoms with Crippen molar-refractivity contribution in [2.75, 3.05) is 25.5 Å². The number of halogens is 1. The molecule has 0 radical (unpaired) electrons. The van der Waals surface area contributed by atoms with E-state index in [1.165, 1.54) is 0 Å². The SMILES string of the molecule is COC1CCN(C(=O)NC(C)c2ccc(NC(=O)OCc3ccc(Cl)cc3)cc2)CC1. The molecule has 0 spiro atoms. The number of hydrogen-bond donors (Lipinski definition) is 2. The second-order valence-corrected chi connectivity index (χ2v) is 7.98. The minimum Gasteiger partial charge on any atom is -0.444 e. The van der Waals surface area contributed by atoms with Crippen molar-refractivity contribution < 1.29 is 19.1 Å². The van der Waals surface area contributed by atoms with E-state index in [0.29, 0.717) is 23.8 Å². The molecule has 1 aliphatic heterocycles. The number of hydrogen-bond acceptors (Lipinski definition) is 4. The van der Waals surface area contributed by atoms with E-state index in [1.54, 1.807) is 43.5 Å². The third-order valence-corrected chi connectivity index (χ3v) is 5.59. The third-order valence-electron chi connectivity index (χ3n) is 5.34. The van der Waals surface area contributed by atoms with Gasteiger partial charge in [-0.2, -0.15) is 0 Å². The Morgan fingerprint density at radius 3 is 2.35 bits per heavy atom. The molecule has 3 amide bonds. The van der Waals surface area contributed by atoms with Gasteiger partial charge in [-0.25, -0.2) is 9.59 Å². The van der Waals surface area contributed by atoms with Crippen LogP contribution in [0.1, 0.15) is 36.9 Å². The molecule has 0 saturated carbocycles. The van der Waals surface area contributed by atoms with Crippen LogP contribution in [0.3, 0.4) is 0 Å². The summed E-state index contributed by atoms with van der Waals surface area (Å²) in [5.74, 6) is 0. The zero-order valence-electron chi connectivity index (χ0n) is 17.8. The number of carbonyl (C=O) groups excluding carboxylic acids is 2. The van der Waals surface area contributed by atoms with Crippen LogP contribution < -0.4 is 10.6 Å². The second-order valence-electron chi connectivity index (χ2n) is 7.54. The van der Waals surface area contributed by atoms with E-state index in [-0.39, 0.29) is 24.8 Å². The lowest BCUT2D eigenvalue weighted by atomic mass is 10.1. The van der Waals surface area contributed by atoms with Crippen LogP contribution in [0.25, 0.3) is 0 Å². The highest BCUT2D eigenvalue weighted by atomic mass is 35.5. The zero-order chi connectivity index (χ0) is 22.2. The van der Waals surface area contributed by atoms with Gasteiger partial charge in [0.1, 0.15) is 6.61 Å². The number of rotatable bonds is 6. The summed E-state index contributed by atoms with van der Waals surface area (Å²) in [6, 6.07) is 14.2. The van der Waals surface area contributed by atoms with Crippen molar-refractivity contribution >= 4 is 29.4 Å². The molecule has 2 aromatic carbocycles. The number of nitrogens with zero attached hydrogens (tertiary/aromatic N) is 1. The first-order valence-corrected chi connectivity index (χ1v) is 10.7. The predicted molar refractivity (Wildman–Crippen MR) is 120 cm³/mol. The molecule has 2 aromatic rings. The van der Waals surface area contributed by atoms with Crippen molar-refractivity contribution in [2.45, 2.75) is 38.5 Å². The van der Waals surface area contributed by atoms with Gasteiger partial charge in [0.05, 0.1) is 12.1 Å². The molecule has 31 heavy (non-hydrogen) atoms. The standard InChI is InChI=1S/C23H28ClN3O4/c1-16(25-22(28)27-13-11-21(30-2)12-14-27)18-5-9-20(10-6-18)26-23(29)31-15-17-3-7-19(24)8-4-17/h3-10,16,21H,11-15H2,1-2H3,(H,25,28)(H,26,29). The molecular formula is C23H28ClN3O4. The van der Waals surface area contributed by atoms with Crippen molar-refractivity contribution in [2.24, 2.45) is 0 Å². The van der Waals surface area contributed by atoms with Gasteiger partial charge >= 0.3 is 12.1 Å². The Morgan fingerprint density at radius 2 is 1.74 bits per heavy atom. The van der Waals surface area contributed by atoms with Gasteiger partial charge in [0.25, 0.3) is 0 Å². The number of nitrogens with one attached hydrogen (secondary N) is 2. The minimum atomic E-state index is -0.538. The molecule has 1 unspecified atom stereocenters. The highest BCUT2D eigenvalue weighted by Crippen LogP contribution is 2.18. The van der Waals surface area contributed by atoms with Gasteiger partial charge in [-0.15, -0.1) is 0 Å². The fraction of sp³-hybridized carbons (Fsp3) is 0.391. The third kappa shape index (κ3) is 6.87. The Hall–Kier alpha value is -2.77. The first kappa shape index (κ1) is 22.9. The Kier molecular flexibility index (Phi) is 8.14. The summed E-state index contributed by atoms with van der Waals surface area (Å²) in [6.45, 7) is 3.48. The Labute approximate surface area is 187 Å². The number of anilines is 1. The number of urea groups is 1. The van der Waals surface area contributed by atoms with Gasteiger partial charge in [-0.3, -0.25) is 5.32 Å². The Morgan fingerprint density at radius 1 is 1.10 bits per heavy atom. The van der Waals surface area contributed by atoms with E-state index in [1.807, 2.05) is 24.0 Å². The lowest BCUT2D eigenvalue weighted by molar-refractivity contribution is 0.0500. The number of amides is 3. The first-order valence-electron chi connectivity index (χ1n) is 10.3. The molecule has 0 aliphatic carbocycles. The van der Waals surface area contributed by atoms with Crippen LogP contribution in [0.4, 0.5) is 15.3 Å². The number of likely N-dealkylation sites (tertiary alicyclic amines) is 1. The van der Waals surface area contributed by atoms with E-state index in [0.717, 1.165) is 24.0 Å². The summed E-state index contributed by atoms with van der Waals surface area (Å²) in [5.41, 5.74) is 2.41. The predicted octanol–water partition coefficient (Wildman–Crippen LogP) is 4.97. The minimum absolute atomic E-state index is 0.0740. The Balaban J connectivity index is 1.44. The van der Waals surface area contributed by atoms with Gasteiger partial charge in [-0.1, -0.05) is 35.9 Å². The van der Waals surface area contributed by atoms with Gasteiger partial charge in [0.15, 0.2) is 0 Å². The summed E-state index contributed by atoms with van der Waals surface area (Å²) >= 11 is 5.84. The van der Waals surface area contributed by atoms with Crippen LogP contribution in [0, 0.1) is 0 Å². The summed E-state index contributed by atoms with van der Waals surface area (Å²) in [4.78, 5) is 26.3. The topological polar surface area (TPSA) is 79.9 Å². The van der Waals surface area contributed by atoms with Crippen molar-refractivity contribution in [3.05, 3.63) is 64.7 Å². The fourth-order valence-electron chi connectivity index (χ4n) is 3.39. The number of benzene rings is 2. The van der Waals surface area contributed by atoms with E-state index in [2.05, 4.69) is 10.6 Å². The van der Waals surface area contributed by atoms with Gasteiger partial charge in [0.2, 0.25) is 0 Å². The van der Waals surface area contributed by atoms with Crippen molar-refractivity contribution in [1.29, 1.82) is 0 Å². The number of ether oxygens (including phenoxy) is 2. The normalized spacial score (nSPS) is 15.3. The molecule has 166 valence electrons. The summed E-state index contributed by atoms with van der Waals surface area (Å²) < 4.78 is 10.6. The van der Waals surface area contributed by atoms with Crippen molar-refractivity contribution in [3.8, 4) is 0 Å². The van der Waals surface area contributed by atoms with Crippen molar-refractivity contribution in [1.82, 2.24) is 10.2 Å². The average Bonchev–Trinajstić information content (AvgIpc) is 2.79. The molecule has 2 N–H and O–H groups in total. The van der Waals surface area contributed by atoms with Crippen LogP contribution in [-0.4, -0.2) is 43.3 Å². The van der Waals surface area contributed by atoms with Crippen LogP contribution in [0.15, 0.2) is 48.5 Å². The molecule has 8 heteroatoms. The lowest BCUT2D eigenvalue weighted by Gasteiger charge is -2.32. The molecule has 1 fully saturated rings. The maximum absolute atomic E-state index is 12.5. The molecule has 7 nitrogen and oxygen atoms in total. The second kappa shape index (κ2) is 11.0. The summed E-state index contributed by atoms with van der Waals surface area (Å²) in [7, 11) is 1.71. The Bertz CT molecular complexity index is 865.